The van der Waals surface area contributed by atoms with E-state index < -0.39 is 0 Å². The van der Waals surface area contributed by atoms with E-state index in [0.29, 0.717) is 13.0 Å². The summed E-state index contributed by atoms with van der Waals surface area (Å²) in [6.45, 7) is 4.23. The number of rotatable bonds is 4. The second-order valence-corrected chi connectivity index (χ2v) is 6.22. The van der Waals surface area contributed by atoms with Crippen molar-refractivity contribution < 1.29 is 9.59 Å². The number of carbonyl (C=O) groups is 2. The van der Waals surface area contributed by atoms with E-state index in [2.05, 4.69) is 24.4 Å². The lowest BCUT2D eigenvalue weighted by Gasteiger charge is -2.20. The zero-order valence-electron chi connectivity index (χ0n) is 14.1. The summed E-state index contributed by atoms with van der Waals surface area (Å²) in [5.74, 6) is -0.0163. The van der Waals surface area contributed by atoms with Gasteiger partial charge in [0.15, 0.2) is 0 Å². The fourth-order valence-electron chi connectivity index (χ4n) is 3.26. The number of benzene rings is 2. The van der Waals surface area contributed by atoms with Crippen molar-refractivity contribution in [2.24, 2.45) is 0 Å². The molecule has 0 unspecified atom stereocenters. The molecular weight excluding hydrogens is 300 g/mol. The minimum absolute atomic E-state index is 0.106. The average Bonchev–Trinajstić information content (AvgIpc) is 2.98. The number of hydrogen-bond donors (Lipinski definition) is 1. The number of fused-ring (bicyclic) bond motifs is 1. The average molecular weight is 322 g/mol. The largest absolute Gasteiger partial charge is 0.325 e. The smallest absolute Gasteiger partial charge is 0.227 e. The first kappa shape index (κ1) is 16.2. The summed E-state index contributed by atoms with van der Waals surface area (Å²) in [6, 6.07) is 14.0. The molecule has 24 heavy (non-hydrogen) atoms. The quantitative estimate of drug-likeness (QED) is 0.937. The van der Waals surface area contributed by atoms with E-state index in [4.69, 9.17) is 0 Å². The topological polar surface area (TPSA) is 49.4 Å². The molecule has 124 valence electrons. The molecule has 0 saturated heterocycles. The third-order valence-corrected chi connectivity index (χ3v) is 4.48. The van der Waals surface area contributed by atoms with Crippen LogP contribution in [0.1, 0.15) is 30.0 Å². The first-order valence-corrected chi connectivity index (χ1v) is 8.30. The van der Waals surface area contributed by atoms with Gasteiger partial charge in [-0.3, -0.25) is 9.59 Å². The summed E-state index contributed by atoms with van der Waals surface area (Å²) in [7, 11) is 0. The molecule has 3 rings (SSSR count). The SMILES string of the molecule is CC(=O)Nc1cccc2c1N(C(=O)CCc1ccccc1C)CC2. The highest BCUT2D eigenvalue weighted by atomic mass is 16.2. The lowest BCUT2D eigenvalue weighted by Crippen LogP contribution is -2.30. The van der Waals surface area contributed by atoms with Crippen LogP contribution < -0.4 is 10.2 Å². The predicted octanol–water partition coefficient (Wildman–Crippen LogP) is 3.48. The minimum Gasteiger partial charge on any atom is -0.325 e. The predicted molar refractivity (Wildman–Crippen MR) is 96.3 cm³/mol. The van der Waals surface area contributed by atoms with Crippen LogP contribution in [0, 0.1) is 6.92 Å². The molecule has 1 aliphatic heterocycles. The van der Waals surface area contributed by atoms with Gasteiger partial charge in [0.05, 0.1) is 11.4 Å². The van der Waals surface area contributed by atoms with Crippen LogP contribution >= 0.6 is 0 Å². The molecule has 0 atom stereocenters. The van der Waals surface area contributed by atoms with Gasteiger partial charge in [-0.25, -0.2) is 0 Å². The van der Waals surface area contributed by atoms with Crippen LogP contribution in [0.2, 0.25) is 0 Å². The fraction of sp³-hybridized carbons (Fsp3) is 0.300. The molecule has 4 nitrogen and oxygen atoms in total. The summed E-state index contributed by atoms with van der Waals surface area (Å²) in [4.78, 5) is 26.0. The number of carbonyl (C=O) groups excluding carboxylic acids is 2. The number of hydrogen-bond acceptors (Lipinski definition) is 2. The van der Waals surface area contributed by atoms with Crippen molar-refractivity contribution >= 4 is 23.2 Å². The second kappa shape index (κ2) is 6.87. The van der Waals surface area contributed by atoms with Gasteiger partial charge in [-0.1, -0.05) is 36.4 Å². The first-order chi connectivity index (χ1) is 11.6. The lowest BCUT2D eigenvalue weighted by molar-refractivity contribution is -0.118. The molecular formula is C20H22N2O2. The normalized spacial score (nSPS) is 12.8. The third-order valence-electron chi connectivity index (χ3n) is 4.48. The van der Waals surface area contributed by atoms with Gasteiger partial charge in [0.2, 0.25) is 11.8 Å². The van der Waals surface area contributed by atoms with Gasteiger partial charge in [-0.05, 0) is 42.5 Å². The molecule has 0 saturated carbocycles. The first-order valence-electron chi connectivity index (χ1n) is 8.30. The molecule has 0 aromatic heterocycles. The number of anilines is 2. The number of aryl methyl sites for hydroxylation is 2. The van der Waals surface area contributed by atoms with Crippen LogP contribution in [-0.2, 0) is 22.4 Å². The molecule has 0 aliphatic carbocycles. The molecule has 0 radical (unpaired) electrons. The summed E-state index contributed by atoms with van der Waals surface area (Å²) in [5, 5.41) is 2.84. The Bertz CT molecular complexity index is 783. The number of para-hydroxylation sites is 1. The third kappa shape index (κ3) is 3.32. The zero-order chi connectivity index (χ0) is 17.1. The minimum atomic E-state index is -0.123. The van der Waals surface area contributed by atoms with E-state index in [1.165, 1.54) is 18.1 Å². The van der Waals surface area contributed by atoms with E-state index in [1.54, 1.807) is 0 Å². The Morgan fingerprint density at radius 3 is 2.67 bits per heavy atom. The van der Waals surface area contributed by atoms with Crippen LogP contribution in [-0.4, -0.2) is 18.4 Å². The van der Waals surface area contributed by atoms with Crippen molar-refractivity contribution in [3.63, 3.8) is 0 Å². The van der Waals surface area contributed by atoms with Crippen LogP contribution in [0.25, 0.3) is 0 Å². The second-order valence-electron chi connectivity index (χ2n) is 6.22. The van der Waals surface area contributed by atoms with E-state index in [9.17, 15) is 9.59 Å². The van der Waals surface area contributed by atoms with Crippen molar-refractivity contribution in [1.29, 1.82) is 0 Å². The maximum absolute atomic E-state index is 12.7. The Kier molecular flexibility index (Phi) is 4.65. The number of nitrogens with one attached hydrogen (secondary N) is 1. The highest BCUT2D eigenvalue weighted by molar-refractivity contribution is 6.02. The van der Waals surface area contributed by atoms with Gasteiger partial charge in [0.1, 0.15) is 0 Å². The van der Waals surface area contributed by atoms with Gasteiger partial charge in [-0.2, -0.15) is 0 Å². The molecule has 2 amide bonds. The highest BCUT2D eigenvalue weighted by Gasteiger charge is 2.27. The number of amides is 2. The summed E-state index contributed by atoms with van der Waals surface area (Å²) >= 11 is 0. The summed E-state index contributed by atoms with van der Waals surface area (Å²) < 4.78 is 0. The van der Waals surface area contributed by atoms with Crippen molar-refractivity contribution in [2.75, 3.05) is 16.8 Å². The van der Waals surface area contributed by atoms with Crippen molar-refractivity contribution in [3.8, 4) is 0 Å². The summed E-state index contributed by atoms with van der Waals surface area (Å²) in [5.41, 5.74) is 5.13. The van der Waals surface area contributed by atoms with E-state index in [0.717, 1.165) is 29.8 Å². The highest BCUT2D eigenvalue weighted by Crippen LogP contribution is 2.36. The van der Waals surface area contributed by atoms with E-state index in [1.807, 2.05) is 35.2 Å². The Morgan fingerprint density at radius 1 is 1.12 bits per heavy atom. The molecule has 1 N–H and O–H groups in total. The van der Waals surface area contributed by atoms with Crippen LogP contribution in [0.4, 0.5) is 11.4 Å². The molecule has 1 aliphatic rings. The van der Waals surface area contributed by atoms with Crippen molar-refractivity contribution in [3.05, 3.63) is 59.2 Å². The maximum Gasteiger partial charge on any atom is 0.227 e. The van der Waals surface area contributed by atoms with Gasteiger partial charge in [-0.15, -0.1) is 0 Å². The molecule has 4 heteroatoms. The molecule has 0 spiro atoms. The Morgan fingerprint density at radius 2 is 1.92 bits per heavy atom. The zero-order valence-corrected chi connectivity index (χ0v) is 14.1. The van der Waals surface area contributed by atoms with Crippen LogP contribution in [0.15, 0.2) is 42.5 Å². The standard InChI is InChI=1S/C20H22N2O2/c1-14-6-3-4-7-16(14)10-11-19(24)22-13-12-17-8-5-9-18(20(17)22)21-15(2)23/h3-9H,10-13H2,1-2H3,(H,21,23). The molecule has 0 bridgehead atoms. The van der Waals surface area contributed by atoms with Gasteiger partial charge < -0.3 is 10.2 Å². The summed E-state index contributed by atoms with van der Waals surface area (Å²) in [6.07, 6.45) is 2.04. The maximum atomic E-state index is 12.7. The fourth-order valence-corrected chi connectivity index (χ4v) is 3.26. The van der Waals surface area contributed by atoms with Crippen LogP contribution in [0.5, 0.6) is 0 Å². The van der Waals surface area contributed by atoms with E-state index >= 15 is 0 Å². The lowest BCUT2D eigenvalue weighted by atomic mass is 10.0. The van der Waals surface area contributed by atoms with Crippen LogP contribution in [0.3, 0.4) is 0 Å². The molecule has 2 aromatic rings. The Labute approximate surface area is 142 Å². The van der Waals surface area contributed by atoms with Gasteiger partial charge >= 0.3 is 0 Å². The molecule has 1 heterocycles. The van der Waals surface area contributed by atoms with Gasteiger partial charge in [0, 0.05) is 19.9 Å². The van der Waals surface area contributed by atoms with Gasteiger partial charge in [0.25, 0.3) is 0 Å². The van der Waals surface area contributed by atoms with E-state index in [-0.39, 0.29) is 11.8 Å². The van der Waals surface area contributed by atoms with Crippen molar-refractivity contribution in [1.82, 2.24) is 0 Å². The van der Waals surface area contributed by atoms with Crippen molar-refractivity contribution in [2.45, 2.75) is 33.1 Å². The monoisotopic (exact) mass is 322 g/mol. The number of nitrogens with zero attached hydrogens (tertiary/aromatic N) is 1. The Balaban J connectivity index is 1.77. The molecule has 0 fully saturated rings. The Hall–Kier alpha value is -2.62. The molecule has 2 aromatic carbocycles.